The van der Waals surface area contributed by atoms with Gasteiger partial charge in [0, 0.05) is 17.8 Å². The second-order valence-corrected chi connectivity index (χ2v) is 7.85. The Bertz CT molecular complexity index is 844. The normalized spacial score (nSPS) is 15.5. The van der Waals surface area contributed by atoms with Gasteiger partial charge in [0.15, 0.2) is 0 Å². The first-order valence-electron chi connectivity index (χ1n) is 6.95. The first-order chi connectivity index (χ1) is 11.0. The van der Waals surface area contributed by atoms with Crippen LogP contribution in [-0.4, -0.2) is 31.1 Å². The van der Waals surface area contributed by atoms with Gasteiger partial charge in [0.1, 0.15) is 4.90 Å². The maximum Gasteiger partial charge on any atom is 0.269 e. The minimum absolute atomic E-state index is 0.00370. The Balaban J connectivity index is 1.63. The van der Waals surface area contributed by atoms with E-state index in [1.807, 2.05) is 17.5 Å². The van der Waals surface area contributed by atoms with Crippen LogP contribution < -0.4 is 5.32 Å². The average molecular weight is 350 g/mol. The predicted octanol–water partition coefficient (Wildman–Crippen LogP) is 1.60. The van der Waals surface area contributed by atoms with Gasteiger partial charge in [-0.3, -0.25) is 9.59 Å². The first kappa shape index (κ1) is 15.7. The molecule has 1 N–H and O–H groups in total. The van der Waals surface area contributed by atoms with E-state index in [1.165, 1.54) is 23.5 Å². The van der Waals surface area contributed by atoms with Gasteiger partial charge in [-0.2, -0.15) is 0 Å². The fourth-order valence-electron chi connectivity index (χ4n) is 2.34. The number of hydrogen-bond donors (Lipinski definition) is 1. The van der Waals surface area contributed by atoms with E-state index in [1.54, 1.807) is 12.1 Å². The van der Waals surface area contributed by atoms with Crippen molar-refractivity contribution in [1.29, 1.82) is 0 Å². The molecule has 2 aromatic rings. The average Bonchev–Trinajstić information content (AvgIpc) is 3.11. The molecular weight excluding hydrogens is 336 g/mol. The largest absolute Gasteiger partial charge is 0.351 e. The summed E-state index contributed by atoms with van der Waals surface area (Å²) in [4.78, 5) is 25.0. The molecule has 0 saturated heterocycles. The molecule has 8 heteroatoms. The number of thiophene rings is 1. The second-order valence-electron chi connectivity index (χ2n) is 4.98. The molecule has 0 aliphatic carbocycles. The molecule has 0 spiro atoms. The fourth-order valence-corrected chi connectivity index (χ4v) is 4.56. The molecule has 2 heterocycles. The van der Waals surface area contributed by atoms with Gasteiger partial charge in [-0.15, -0.1) is 11.3 Å². The molecule has 0 fully saturated rings. The summed E-state index contributed by atoms with van der Waals surface area (Å²) in [6.45, 7) is 0.240. The van der Waals surface area contributed by atoms with Crippen molar-refractivity contribution in [2.24, 2.45) is 0 Å². The molecule has 3 rings (SSSR count). The summed E-state index contributed by atoms with van der Waals surface area (Å²) in [6.07, 6.45) is -0.0651. The number of sulfonamides is 1. The van der Waals surface area contributed by atoms with Gasteiger partial charge in [0.05, 0.1) is 12.1 Å². The highest BCUT2D eigenvalue weighted by molar-refractivity contribution is 7.90. The summed E-state index contributed by atoms with van der Waals surface area (Å²) in [5, 5.41) is 4.62. The van der Waals surface area contributed by atoms with Crippen LogP contribution in [0.25, 0.3) is 0 Å². The zero-order valence-electron chi connectivity index (χ0n) is 12.1. The molecule has 1 aliphatic rings. The second kappa shape index (κ2) is 6.13. The highest BCUT2D eigenvalue weighted by Gasteiger charge is 2.40. The van der Waals surface area contributed by atoms with Crippen LogP contribution in [0.4, 0.5) is 0 Å². The van der Waals surface area contributed by atoms with Gasteiger partial charge in [-0.1, -0.05) is 18.2 Å². The molecule has 1 aromatic heterocycles. The van der Waals surface area contributed by atoms with Crippen LogP contribution in [0.5, 0.6) is 0 Å². The Morgan fingerprint density at radius 3 is 2.65 bits per heavy atom. The monoisotopic (exact) mass is 350 g/mol. The molecule has 0 atom stereocenters. The number of fused-ring (bicyclic) bond motifs is 1. The van der Waals surface area contributed by atoms with Crippen molar-refractivity contribution in [3.63, 3.8) is 0 Å². The maximum absolute atomic E-state index is 12.3. The molecule has 23 heavy (non-hydrogen) atoms. The Hall–Kier alpha value is -2.19. The molecule has 0 unspecified atom stereocenters. The molecule has 120 valence electrons. The third-order valence-corrected chi connectivity index (χ3v) is 6.21. The van der Waals surface area contributed by atoms with E-state index in [-0.39, 0.29) is 29.3 Å². The van der Waals surface area contributed by atoms with Crippen LogP contribution in [0, 0.1) is 0 Å². The quantitative estimate of drug-likeness (QED) is 0.888. The first-order valence-corrected chi connectivity index (χ1v) is 9.27. The van der Waals surface area contributed by atoms with Crippen molar-refractivity contribution in [2.45, 2.75) is 17.9 Å². The number of carbonyl (C=O) groups is 2. The van der Waals surface area contributed by atoms with Crippen molar-refractivity contribution < 1.29 is 18.0 Å². The number of amides is 2. The lowest BCUT2D eigenvalue weighted by molar-refractivity contribution is -0.121. The smallest absolute Gasteiger partial charge is 0.269 e. The van der Waals surface area contributed by atoms with Gasteiger partial charge >= 0.3 is 0 Å². The van der Waals surface area contributed by atoms with Crippen molar-refractivity contribution in [1.82, 2.24) is 9.62 Å². The molecule has 2 amide bonds. The highest BCUT2D eigenvalue weighted by atomic mass is 32.2. The van der Waals surface area contributed by atoms with E-state index < -0.39 is 15.9 Å². The zero-order valence-corrected chi connectivity index (χ0v) is 13.7. The summed E-state index contributed by atoms with van der Waals surface area (Å²) < 4.78 is 25.4. The van der Waals surface area contributed by atoms with Gasteiger partial charge in [0.2, 0.25) is 5.91 Å². The van der Waals surface area contributed by atoms with Crippen LogP contribution in [0.15, 0.2) is 46.7 Å². The Morgan fingerprint density at radius 1 is 1.17 bits per heavy atom. The SMILES string of the molecule is O=C(CCN1C(=O)c2ccccc2S1(=O)=O)NCc1cccs1. The third-order valence-electron chi connectivity index (χ3n) is 3.49. The van der Waals surface area contributed by atoms with Crippen molar-refractivity contribution in [3.05, 3.63) is 52.2 Å². The fraction of sp³-hybridized carbons (Fsp3) is 0.200. The number of rotatable bonds is 5. The van der Waals surface area contributed by atoms with E-state index in [9.17, 15) is 18.0 Å². The van der Waals surface area contributed by atoms with Crippen molar-refractivity contribution >= 4 is 33.2 Å². The van der Waals surface area contributed by atoms with Gasteiger partial charge in [-0.25, -0.2) is 12.7 Å². The van der Waals surface area contributed by atoms with Gasteiger partial charge < -0.3 is 5.32 Å². The molecule has 1 aromatic carbocycles. The number of benzene rings is 1. The number of nitrogens with zero attached hydrogens (tertiary/aromatic N) is 1. The van der Waals surface area contributed by atoms with Gasteiger partial charge in [-0.05, 0) is 23.6 Å². The van der Waals surface area contributed by atoms with Crippen LogP contribution in [-0.2, 0) is 21.4 Å². The van der Waals surface area contributed by atoms with Crippen molar-refractivity contribution in [3.8, 4) is 0 Å². The summed E-state index contributed by atoms with van der Waals surface area (Å²) in [5.74, 6) is -0.871. The molecule has 1 aliphatic heterocycles. The lowest BCUT2D eigenvalue weighted by Crippen LogP contribution is -2.34. The van der Waals surface area contributed by atoms with E-state index in [0.717, 1.165) is 9.18 Å². The van der Waals surface area contributed by atoms with Crippen LogP contribution in [0.2, 0.25) is 0 Å². The number of nitrogens with one attached hydrogen (secondary N) is 1. The maximum atomic E-state index is 12.3. The van der Waals surface area contributed by atoms with E-state index >= 15 is 0 Å². The topological polar surface area (TPSA) is 83.6 Å². The lowest BCUT2D eigenvalue weighted by atomic mass is 10.2. The lowest BCUT2D eigenvalue weighted by Gasteiger charge is -2.14. The van der Waals surface area contributed by atoms with Crippen molar-refractivity contribution in [2.75, 3.05) is 6.54 Å². The predicted molar refractivity (Wildman–Crippen MR) is 85.4 cm³/mol. The van der Waals surface area contributed by atoms with E-state index in [4.69, 9.17) is 0 Å². The summed E-state index contributed by atoms with van der Waals surface area (Å²) in [6, 6.07) is 9.85. The molecular formula is C15H14N2O4S2. The Labute approximate surface area is 137 Å². The van der Waals surface area contributed by atoms with Crippen LogP contribution in [0.1, 0.15) is 21.7 Å². The van der Waals surface area contributed by atoms with Crippen LogP contribution in [0.3, 0.4) is 0 Å². The Morgan fingerprint density at radius 2 is 1.96 bits per heavy atom. The number of carbonyl (C=O) groups excluding carboxylic acids is 2. The molecule has 0 radical (unpaired) electrons. The zero-order chi connectivity index (χ0) is 16.4. The molecule has 6 nitrogen and oxygen atoms in total. The van der Waals surface area contributed by atoms with E-state index in [0.29, 0.717) is 6.54 Å². The number of hydrogen-bond acceptors (Lipinski definition) is 5. The third kappa shape index (κ3) is 2.99. The highest BCUT2D eigenvalue weighted by Crippen LogP contribution is 2.29. The molecule has 0 bridgehead atoms. The summed E-state index contributed by atoms with van der Waals surface area (Å²) >= 11 is 1.52. The minimum Gasteiger partial charge on any atom is -0.351 e. The Kier molecular flexibility index (Phi) is 4.18. The summed E-state index contributed by atoms with van der Waals surface area (Å²) in [5.41, 5.74) is 0.159. The standard InChI is InChI=1S/C15H14N2O4S2/c18-14(16-10-11-4-3-9-22-11)7-8-17-15(19)12-5-1-2-6-13(12)23(17,20)21/h1-6,9H,7-8,10H2,(H,16,18). The van der Waals surface area contributed by atoms with E-state index in [2.05, 4.69) is 5.32 Å². The van der Waals surface area contributed by atoms with Gasteiger partial charge in [0.25, 0.3) is 15.9 Å². The minimum atomic E-state index is -3.84. The summed E-state index contributed by atoms with van der Waals surface area (Å²) in [7, 11) is -3.84. The van der Waals surface area contributed by atoms with Crippen LogP contribution >= 0.6 is 11.3 Å². The molecule has 0 saturated carbocycles.